The third-order valence-corrected chi connectivity index (χ3v) is 10.6. The van der Waals surface area contributed by atoms with Crippen molar-refractivity contribution < 1.29 is 29.3 Å². The number of aliphatic hydroxyl groups is 2. The van der Waals surface area contributed by atoms with E-state index in [-0.39, 0.29) is 42.8 Å². The Morgan fingerprint density at radius 3 is 2.56 bits per heavy atom. The number of ketones is 2. The first kappa shape index (κ1) is 27.7. The molecule has 1 aromatic carbocycles. The molecule has 8 nitrogen and oxygen atoms in total. The van der Waals surface area contributed by atoms with Crippen molar-refractivity contribution in [2.45, 2.75) is 64.1 Å². The first-order valence-electron chi connectivity index (χ1n) is 14.5. The van der Waals surface area contributed by atoms with Crippen molar-refractivity contribution in [1.82, 2.24) is 9.97 Å². The molecule has 0 saturated heterocycles. The van der Waals surface area contributed by atoms with Crippen LogP contribution in [0.5, 0.6) is 0 Å². The Morgan fingerprint density at radius 1 is 1.10 bits per heavy atom. The number of hydrogen-bond donors (Lipinski definition) is 2. The summed E-state index contributed by atoms with van der Waals surface area (Å²) in [5, 5.41) is 23.4. The summed E-state index contributed by atoms with van der Waals surface area (Å²) in [5.74, 6) is -0.418. The Bertz CT molecular complexity index is 1440. The molecule has 3 saturated carbocycles. The van der Waals surface area contributed by atoms with E-state index >= 15 is 0 Å². The van der Waals surface area contributed by atoms with Crippen molar-refractivity contribution in [3.05, 3.63) is 72.1 Å². The van der Waals surface area contributed by atoms with Gasteiger partial charge in [-0.1, -0.05) is 49.8 Å². The molecular formula is C33H36N2O6. The number of ether oxygens (including phenoxy) is 1. The Hall–Kier alpha value is -3.49. The minimum Gasteiger partial charge on any atom is -0.457 e. The molecule has 0 bridgehead atoms. The van der Waals surface area contributed by atoms with Gasteiger partial charge in [-0.2, -0.15) is 0 Å². The maximum Gasteiger partial charge on any atom is 0.310 e. The molecule has 4 aliphatic rings. The highest BCUT2D eigenvalue weighted by Crippen LogP contribution is 2.67. The number of hydrogen-bond acceptors (Lipinski definition) is 8. The first-order valence-corrected chi connectivity index (χ1v) is 14.5. The number of carbonyl (C=O) groups excluding carboxylic acids is 3. The number of aromatic nitrogens is 2. The monoisotopic (exact) mass is 556 g/mol. The number of rotatable bonds is 6. The van der Waals surface area contributed by atoms with Crippen LogP contribution in [0.25, 0.3) is 11.4 Å². The lowest BCUT2D eigenvalue weighted by Crippen LogP contribution is -2.61. The zero-order valence-electron chi connectivity index (χ0n) is 23.5. The summed E-state index contributed by atoms with van der Waals surface area (Å²) < 4.78 is 5.37. The first-order chi connectivity index (χ1) is 19.5. The second kappa shape index (κ2) is 10.1. The van der Waals surface area contributed by atoms with E-state index in [2.05, 4.69) is 16.9 Å². The van der Waals surface area contributed by atoms with Crippen LogP contribution in [0.4, 0.5) is 0 Å². The van der Waals surface area contributed by atoms with Gasteiger partial charge in [0.15, 0.2) is 18.2 Å². The van der Waals surface area contributed by atoms with Crippen molar-refractivity contribution in [3.63, 3.8) is 0 Å². The summed E-state index contributed by atoms with van der Waals surface area (Å²) >= 11 is 0. The van der Waals surface area contributed by atoms with Crippen molar-refractivity contribution in [2.24, 2.45) is 28.6 Å². The standard InChI is InChI=1S/C33H36N2O6/c1-31-12-10-23(36)17-22(31)8-9-24-25-11-13-33(40,32(25,2)18-26(37)29(24)31)27(38)19-41-28(39)16-20-4-6-21(7-5-20)30-34-14-3-15-35-30/h3-7,10,12,14-15,17,24-26,29,37,40H,8-9,11,13,16,18-19H2,1-2H3/t24?,25?,26-,29?,31?,32?,33-/m0/s1. The van der Waals surface area contributed by atoms with E-state index in [9.17, 15) is 24.6 Å². The van der Waals surface area contributed by atoms with E-state index in [1.165, 1.54) is 0 Å². The molecule has 6 rings (SSSR count). The highest BCUT2D eigenvalue weighted by molar-refractivity contribution is 6.01. The lowest BCUT2D eigenvalue weighted by atomic mass is 9.46. The Kier molecular flexibility index (Phi) is 6.82. The molecular weight excluding hydrogens is 520 g/mol. The smallest absolute Gasteiger partial charge is 0.310 e. The fourth-order valence-corrected chi connectivity index (χ4v) is 8.49. The van der Waals surface area contributed by atoms with Crippen LogP contribution in [0, 0.1) is 28.6 Å². The molecule has 7 atom stereocenters. The number of allylic oxidation sites excluding steroid dienone is 4. The maximum atomic E-state index is 13.5. The normalized spacial score (nSPS) is 35.6. The fourth-order valence-electron chi connectivity index (χ4n) is 8.49. The fraction of sp³-hybridized carbons (Fsp3) is 0.485. The molecule has 0 spiro atoms. The summed E-state index contributed by atoms with van der Waals surface area (Å²) in [6, 6.07) is 9.00. The van der Waals surface area contributed by atoms with Crippen molar-refractivity contribution in [3.8, 4) is 11.4 Å². The van der Waals surface area contributed by atoms with E-state index in [0.717, 1.165) is 29.5 Å². The van der Waals surface area contributed by atoms with Crippen LogP contribution >= 0.6 is 0 Å². The van der Waals surface area contributed by atoms with Gasteiger partial charge >= 0.3 is 5.97 Å². The lowest BCUT2D eigenvalue weighted by Gasteiger charge is -2.59. The lowest BCUT2D eigenvalue weighted by molar-refractivity contribution is -0.181. The number of esters is 1. The number of nitrogens with zero attached hydrogens (tertiary/aromatic N) is 2. The zero-order valence-corrected chi connectivity index (χ0v) is 23.5. The molecule has 214 valence electrons. The van der Waals surface area contributed by atoms with Crippen molar-refractivity contribution >= 4 is 17.5 Å². The van der Waals surface area contributed by atoms with Crippen molar-refractivity contribution in [2.75, 3.05) is 6.61 Å². The minimum absolute atomic E-state index is 0.00551. The van der Waals surface area contributed by atoms with Gasteiger partial charge < -0.3 is 14.9 Å². The molecule has 1 heterocycles. The average Bonchev–Trinajstić information content (AvgIpc) is 3.23. The van der Waals surface area contributed by atoms with Crippen LogP contribution in [0.3, 0.4) is 0 Å². The van der Waals surface area contributed by atoms with E-state index in [1.807, 2.05) is 25.1 Å². The van der Waals surface area contributed by atoms with Crippen molar-refractivity contribution in [1.29, 1.82) is 0 Å². The molecule has 8 heteroatoms. The third kappa shape index (κ3) is 4.48. The van der Waals surface area contributed by atoms with E-state index in [1.54, 1.807) is 42.7 Å². The van der Waals surface area contributed by atoms with Gasteiger partial charge in [0.1, 0.15) is 5.60 Å². The molecule has 2 aromatic rings. The number of aliphatic hydroxyl groups excluding tert-OH is 1. The molecule has 1 aromatic heterocycles. The van der Waals surface area contributed by atoms with E-state index in [0.29, 0.717) is 12.2 Å². The summed E-state index contributed by atoms with van der Waals surface area (Å²) in [6.45, 7) is 3.50. The molecule has 0 aliphatic heterocycles. The van der Waals surface area contributed by atoms with Gasteiger partial charge in [0.05, 0.1) is 12.5 Å². The summed E-state index contributed by atoms with van der Waals surface area (Å²) in [6.07, 6.45) is 10.6. The van der Waals surface area contributed by atoms with E-state index < -0.39 is 40.9 Å². The van der Waals surface area contributed by atoms with Gasteiger partial charge in [0, 0.05) is 34.7 Å². The summed E-state index contributed by atoms with van der Waals surface area (Å²) in [4.78, 5) is 46.6. The van der Waals surface area contributed by atoms with E-state index in [4.69, 9.17) is 4.74 Å². The van der Waals surface area contributed by atoms with Crippen LogP contribution in [-0.2, 0) is 25.5 Å². The quantitative estimate of drug-likeness (QED) is 0.515. The second-order valence-corrected chi connectivity index (χ2v) is 12.6. The van der Waals surface area contributed by atoms with Gasteiger partial charge in [0.25, 0.3) is 0 Å². The SMILES string of the molecule is CC12C=CC(=O)C=C1CCC1C2[C@@H](O)CC2(C)C1CC[C@]2(O)C(=O)COC(=O)Cc1ccc(-c2ncccn2)cc1. The van der Waals surface area contributed by atoms with Gasteiger partial charge in [0.2, 0.25) is 5.78 Å². The van der Waals surface area contributed by atoms with Gasteiger partial charge in [-0.3, -0.25) is 14.4 Å². The topological polar surface area (TPSA) is 127 Å². The van der Waals surface area contributed by atoms with Crippen LogP contribution in [0.1, 0.15) is 51.5 Å². The summed E-state index contributed by atoms with van der Waals surface area (Å²) in [7, 11) is 0. The predicted octanol–water partition coefficient (Wildman–Crippen LogP) is 3.81. The highest BCUT2D eigenvalue weighted by atomic mass is 16.5. The third-order valence-electron chi connectivity index (χ3n) is 10.6. The largest absolute Gasteiger partial charge is 0.457 e. The Labute approximate surface area is 239 Å². The number of benzene rings is 1. The van der Waals surface area contributed by atoms with Crippen LogP contribution in [-0.4, -0.2) is 56.0 Å². The zero-order chi connectivity index (χ0) is 29.0. The molecule has 0 amide bonds. The molecule has 41 heavy (non-hydrogen) atoms. The molecule has 5 unspecified atom stereocenters. The number of carbonyl (C=O) groups is 3. The summed E-state index contributed by atoms with van der Waals surface area (Å²) in [5.41, 5.74) is -0.312. The number of fused-ring (bicyclic) bond motifs is 5. The highest BCUT2D eigenvalue weighted by Gasteiger charge is 2.68. The molecule has 3 fully saturated rings. The minimum atomic E-state index is -1.68. The van der Waals surface area contributed by atoms with Gasteiger partial charge in [-0.15, -0.1) is 0 Å². The predicted molar refractivity (Wildman–Crippen MR) is 150 cm³/mol. The van der Waals surface area contributed by atoms with Crippen LogP contribution in [0.2, 0.25) is 0 Å². The molecule has 0 radical (unpaired) electrons. The average molecular weight is 557 g/mol. The maximum absolute atomic E-state index is 13.5. The second-order valence-electron chi connectivity index (χ2n) is 12.6. The Morgan fingerprint density at radius 2 is 1.83 bits per heavy atom. The van der Waals surface area contributed by atoms with Crippen LogP contribution < -0.4 is 0 Å². The number of Topliss-reactive ketones (excluding diaryl/α,β-unsaturated/α-hetero) is 1. The van der Waals surface area contributed by atoms with Gasteiger partial charge in [-0.05, 0) is 67.7 Å². The molecule has 4 aliphatic carbocycles. The van der Waals surface area contributed by atoms with Crippen LogP contribution in [0.15, 0.2) is 66.5 Å². The van der Waals surface area contributed by atoms with Gasteiger partial charge in [-0.25, -0.2) is 9.97 Å². The Balaban J connectivity index is 1.12. The molecule has 2 N–H and O–H groups in total.